The van der Waals surface area contributed by atoms with Crippen molar-refractivity contribution in [2.75, 3.05) is 0 Å². The van der Waals surface area contributed by atoms with Crippen LogP contribution in [-0.4, -0.2) is 14.4 Å². The van der Waals surface area contributed by atoms with Gasteiger partial charge in [0.1, 0.15) is 0 Å². The second-order valence-electron chi connectivity index (χ2n) is 4.61. The van der Waals surface area contributed by atoms with Crippen LogP contribution >= 0.6 is 22.7 Å². The molecule has 3 aromatic rings. The molecule has 3 heterocycles. The Balaban J connectivity index is 1.68. The van der Waals surface area contributed by atoms with Gasteiger partial charge >= 0.3 is 0 Å². The first-order chi connectivity index (χ1) is 9.13. The highest BCUT2D eigenvalue weighted by Crippen LogP contribution is 2.24. The van der Waals surface area contributed by atoms with Gasteiger partial charge < -0.3 is 5.32 Å². The first-order valence-electron chi connectivity index (χ1n) is 6.22. The molecule has 100 valence electrons. The van der Waals surface area contributed by atoms with Gasteiger partial charge in [0.25, 0.3) is 0 Å². The van der Waals surface area contributed by atoms with Crippen LogP contribution in [0.25, 0.3) is 4.96 Å². The first-order valence-corrected chi connectivity index (χ1v) is 7.91. The minimum absolute atomic E-state index is 0.311. The van der Waals surface area contributed by atoms with E-state index >= 15 is 0 Å². The number of aromatic nitrogens is 3. The highest BCUT2D eigenvalue weighted by atomic mass is 32.1. The minimum atomic E-state index is 0.311. The third-order valence-electron chi connectivity index (χ3n) is 3.07. The van der Waals surface area contributed by atoms with Crippen molar-refractivity contribution in [1.29, 1.82) is 0 Å². The van der Waals surface area contributed by atoms with Crippen LogP contribution in [0.15, 0.2) is 17.8 Å². The van der Waals surface area contributed by atoms with Crippen molar-refractivity contribution in [3.8, 4) is 0 Å². The van der Waals surface area contributed by atoms with E-state index < -0.39 is 0 Å². The molecule has 1 unspecified atom stereocenters. The number of nitrogens with one attached hydrogen (secondary N) is 1. The molecule has 19 heavy (non-hydrogen) atoms. The molecule has 0 aliphatic heterocycles. The second-order valence-corrected chi connectivity index (χ2v) is 6.72. The topological polar surface area (TPSA) is 42.2 Å². The summed E-state index contributed by atoms with van der Waals surface area (Å²) in [6.45, 7) is 7.09. The lowest BCUT2D eigenvalue weighted by atomic mass is 10.2. The van der Waals surface area contributed by atoms with E-state index in [4.69, 9.17) is 0 Å². The van der Waals surface area contributed by atoms with Crippen LogP contribution in [0.1, 0.15) is 34.2 Å². The van der Waals surface area contributed by atoms with Gasteiger partial charge in [0.05, 0.1) is 16.4 Å². The maximum absolute atomic E-state index is 4.57. The molecule has 3 aromatic heterocycles. The molecule has 3 rings (SSSR count). The summed E-state index contributed by atoms with van der Waals surface area (Å²) in [5, 5.41) is 6.69. The molecular formula is C13H16N4S2. The monoisotopic (exact) mass is 292 g/mol. The Bertz CT molecular complexity index is 666. The SMILES string of the molecule is Cc1nc(C)c(C(C)NCc2cn3ccsc3n2)s1. The zero-order chi connectivity index (χ0) is 13.4. The summed E-state index contributed by atoms with van der Waals surface area (Å²) in [5.74, 6) is 0. The summed E-state index contributed by atoms with van der Waals surface area (Å²) < 4.78 is 2.06. The standard InChI is InChI=1S/C13H16N4S2/c1-8(12-9(2)15-10(3)19-12)14-6-11-7-17-4-5-18-13(17)16-11/h4-5,7-8,14H,6H2,1-3H3. The summed E-state index contributed by atoms with van der Waals surface area (Å²) in [6.07, 6.45) is 4.12. The van der Waals surface area contributed by atoms with Crippen molar-refractivity contribution in [2.45, 2.75) is 33.4 Å². The molecule has 0 aromatic carbocycles. The molecule has 0 saturated carbocycles. The normalized spacial score (nSPS) is 13.2. The molecule has 6 heteroatoms. The summed E-state index contributed by atoms with van der Waals surface area (Å²) >= 11 is 3.43. The third kappa shape index (κ3) is 2.56. The number of hydrogen-bond donors (Lipinski definition) is 1. The lowest BCUT2D eigenvalue weighted by Gasteiger charge is -2.11. The van der Waals surface area contributed by atoms with Gasteiger partial charge in [0.15, 0.2) is 4.96 Å². The molecule has 0 bridgehead atoms. The molecule has 0 aliphatic carbocycles. The number of fused-ring (bicyclic) bond motifs is 1. The Morgan fingerprint density at radius 3 is 2.89 bits per heavy atom. The van der Waals surface area contributed by atoms with Crippen LogP contribution in [0, 0.1) is 13.8 Å². The summed E-state index contributed by atoms with van der Waals surface area (Å²) in [4.78, 5) is 11.4. The maximum Gasteiger partial charge on any atom is 0.193 e. The highest BCUT2D eigenvalue weighted by Gasteiger charge is 2.13. The van der Waals surface area contributed by atoms with Gasteiger partial charge in [-0.05, 0) is 20.8 Å². The predicted octanol–water partition coefficient (Wildman–Crippen LogP) is 3.32. The molecule has 1 N–H and O–H groups in total. The second kappa shape index (κ2) is 5.03. The van der Waals surface area contributed by atoms with E-state index in [9.17, 15) is 0 Å². The fraction of sp³-hybridized carbons (Fsp3) is 0.385. The Hall–Kier alpha value is -1.24. The average Bonchev–Trinajstić information content (AvgIpc) is 3.00. The molecule has 0 saturated heterocycles. The maximum atomic E-state index is 4.57. The smallest absolute Gasteiger partial charge is 0.193 e. The van der Waals surface area contributed by atoms with Crippen LogP contribution in [0.2, 0.25) is 0 Å². The van der Waals surface area contributed by atoms with Crippen molar-refractivity contribution >= 4 is 27.6 Å². The number of hydrogen-bond acceptors (Lipinski definition) is 5. The number of nitrogens with zero attached hydrogens (tertiary/aromatic N) is 3. The van der Waals surface area contributed by atoms with Crippen LogP contribution in [0.5, 0.6) is 0 Å². The Morgan fingerprint density at radius 1 is 1.37 bits per heavy atom. The fourth-order valence-corrected chi connectivity index (χ4v) is 3.83. The predicted molar refractivity (Wildman–Crippen MR) is 79.9 cm³/mol. The number of aryl methyl sites for hydroxylation is 2. The van der Waals surface area contributed by atoms with E-state index in [2.05, 4.69) is 46.7 Å². The quantitative estimate of drug-likeness (QED) is 0.802. The lowest BCUT2D eigenvalue weighted by Crippen LogP contribution is -2.18. The van der Waals surface area contributed by atoms with E-state index in [0.29, 0.717) is 6.04 Å². The van der Waals surface area contributed by atoms with Crippen molar-refractivity contribution in [1.82, 2.24) is 19.7 Å². The van der Waals surface area contributed by atoms with Gasteiger partial charge in [0, 0.05) is 35.2 Å². The van der Waals surface area contributed by atoms with Gasteiger partial charge in [0.2, 0.25) is 0 Å². The Kier molecular flexibility index (Phi) is 3.38. The molecule has 4 nitrogen and oxygen atoms in total. The van der Waals surface area contributed by atoms with Crippen molar-refractivity contribution < 1.29 is 0 Å². The van der Waals surface area contributed by atoms with Gasteiger partial charge in [-0.25, -0.2) is 9.97 Å². The molecule has 0 aliphatic rings. The summed E-state index contributed by atoms with van der Waals surface area (Å²) in [6, 6.07) is 0.311. The molecule has 0 fully saturated rings. The molecule has 0 amide bonds. The van der Waals surface area contributed by atoms with Crippen molar-refractivity contribution in [3.05, 3.63) is 39.0 Å². The van der Waals surface area contributed by atoms with Gasteiger partial charge in [-0.3, -0.25) is 4.40 Å². The average molecular weight is 292 g/mol. The van der Waals surface area contributed by atoms with E-state index in [-0.39, 0.29) is 0 Å². The van der Waals surface area contributed by atoms with Gasteiger partial charge in [-0.15, -0.1) is 22.7 Å². The van der Waals surface area contributed by atoms with Crippen LogP contribution < -0.4 is 5.32 Å². The molecule has 0 spiro atoms. The summed E-state index contributed by atoms with van der Waals surface area (Å²) in [5.41, 5.74) is 2.21. The fourth-order valence-electron chi connectivity index (χ4n) is 2.16. The van der Waals surface area contributed by atoms with E-state index in [1.807, 2.05) is 11.6 Å². The lowest BCUT2D eigenvalue weighted by molar-refractivity contribution is 0.574. The third-order valence-corrected chi connectivity index (χ3v) is 5.09. The van der Waals surface area contributed by atoms with E-state index in [1.54, 1.807) is 22.7 Å². The molecular weight excluding hydrogens is 276 g/mol. The number of rotatable bonds is 4. The number of thiazole rings is 2. The van der Waals surface area contributed by atoms with Crippen molar-refractivity contribution in [3.63, 3.8) is 0 Å². The van der Waals surface area contributed by atoms with Gasteiger partial charge in [-0.1, -0.05) is 0 Å². The van der Waals surface area contributed by atoms with Crippen LogP contribution in [0.3, 0.4) is 0 Å². The first kappa shape index (κ1) is 12.8. The van der Waals surface area contributed by atoms with E-state index in [0.717, 1.165) is 27.9 Å². The molecule has 0 radical (unpaired) electrons. The number of imidazole rings is 1. The zero-order valence-electron chi connectivity index (χ0n) is 11.2. The highest BCUT2D eigenvalue weighted by molar-refractivity contribution is 7.15. The summed E-state index contributed by atoms with van der Waals surface area (Å²) in [7, 11) is 0. The Morgan fingerprint density at radius 2 is 2.21 bits per heavy atom. The largest absolute Gasteiger partial charge is 0.304 e. The zero-order valence-corrected chi connectivity index (χ0v) is 12.8. The minimum Gasteiger partial charge on any atom is -0.304 e. The molecule has 1 atom stereocenters. The van der Waals surface area contributed by atoms with Crippen molar-refractivity contribution in [2.24, 2.45) is 0 Å². The van der Waals surface area contributed by atoms with Crippen LogP contribution in [-0.2, 0) is 6.54 Å². The Labute approximate surface area is 120 Å². The van der Waals surface area contributed by atoms with Crippen LogP contribution in [0.4, 0.5) is 0 Å². The van der Waals surface area contributed by atoms with E-state index in [1.165, 1.54) is 4.88 Å². The van der Waals surface area contributed by atoms with Gasteiger partial charge in [-0.2, -0.15) is 0 Å².